The molecule has 0 saturated carbocycles. The van der Waals surface area contributed by atoms with Gasteiger partial charge in [0.2, 0.25) is 0 Å². The zero-order valence-electron chi connectivity index (χ0n) is 10.8. The van der Waals surface area contributed by atoms with Crippen LogP contribution in [0.2, 0.25) is 0 Å². The molecule has 2 heterocycles. The van der Waals surface area contributed by atoms with Crippen LogP contribution in [0.4, 0.5) is 0 Å². The molecule has 1 saturated heterocycles. The van der Waals surface area contributed by atoms with Crippen LogP contribution in [0, 0.1) is 0 Å². The quantitative estimate of drug-likeness (QED) is 0.849. The number of pyridine rings is 1. The molecule has 0 radical (unpaired) electrons. The molecule has 5 nitrogen and oxygen atoms in total. The van der Waals surface area contributed by atoms with Crippen molar-refractivity contribution >= 4 is 5.91 Å². The molecule has 5 heteroatoms. The van der Waals surface area contributed by atoms with Gasteiger partial charge in [-0.3, -0.25) is 9.78 Å². The van der Waals surface area contributed by atoms with Gasteiger partial charge in [0.1, 0.15) is 5.60 Å². The Morgan fingerprint density at radius 2 is 2.33 bits per heavy atom. The number of ether oxygens (including phenoxy) is 1. The van der Waals surface area contributed by atoms with Gasteiger partial charge in [-0.2, -0.15) is 0 Å². The third kappa shape index (κ3) is 2.68. The van der Waals surface area contributed by atoms with Gasteiger partial charge in [0.05, 0.1) is 18.3 Å². The molecular weight excluding hydrogens is 230 g/mol. The van der Waals surface area contributed by atoms with Gasteiger partial charge in [-0.1, -0.05) is 6.07 Å². The van der Waals surface area contributed by atoms with Gasteiger partial charge >= 0.3 is 0 Å². The number of nitrogens with zero attached hydrogens (tertiary/aromatic N) is 2. The van der Waals surface area contributed by atoms with E-state index < -0.39 is 5.60 Å². The monoisotopic (exact) mass is 249 g/mol. The number of morpholine rings is 1. The molecule has 1 aromatic rings. The van der Waals surface area contributed by atoms with Crippen molar-refractivity contribution in [3.63, 3.8) is 0 Å². The van der Waals surface area contributed by atoms with Crippen molar-refractivity contribution in [2.45, 2.75) is 32.1 Å². The Balaban J connectivity index is 2.13. The second-order valence-corrected chi connectivity index (χ2v) is 4.99. The maximum absolute atomic E-state index is 12.2. The van der Waals surface area contributed by atoms with Crippen molar-refractivity contribution in [3.05, 3.63) is 30.1 Å². The molecule has 1 aromatic heterocycles. The molecule has 98 valence electrons. The molecule has 2 rings (SSSR count). The Labute approximate surface area is 107 Å². The Bertz CT molecular complexity index is 420. The number of rotatable bonds is 3. The minimum Gasteiger partial charge on any atom is -0.359 e. The molecule has 0 spiro atoms. The highest BCUT2D eigenvalue weighted by Gasteiger charge is 2.40. The summed E-state index contributed by atoms with van der Waals surface area (Å²) in [5.74, 6) is -0.0159. The summed E-state index contributed by atoms with van der Waals surface area (Å²) in [4.78, 5) is 18.3. The number of hydrogen-bond acceptors (Lipinski definition) is 4. The minimum atomic E-state index is -0.808. The van der Waals surface area contributed by atoms with E-state index in [-0.39, 0.29) is 12.0 Å². The van der Waals surface area contributed by atoms with Crippen LogP contribution >= 0.6 is 0 Å². The fraction of sp³-hybridized carbons (Fsp3) is 0.538. The molecule has 0 bridgehead atoms. The first-order valence-electron chi connectivity index (χ1n) is 6.10. The molecule has 0 aromatic carbocycles. The van der Waals surface area contributed by atoms with Crippen LogP contribution in [0.5, 0.6) is 0 Å². The fourth-order valence-corrected chi connectivity index (χ4v) is 2.16. The maximum atomic E-state index is 12.2. The second kappa shape index (κ2) is 5.04. The standard InChI is InChI=1S/C13H19N3O2/c1-13(2)12(17)16(9-11(7-14)18-13)8-10-5-3-4-6-15-10/h3-6,11H,7-9,14H2,1-2H3. The van der Waals surface area contributed by atoms with E-state index in [1.807, 2.05) is 18.2 Å². The smallest absolute Gasteiger partial charge is 0.254 e. The van der Waals surface area contributed by atoms with Crippen molar-refractivity contribution in [1.29, 1.82) is 0 Å². The van der Waals surface area contributed by atoms with Gasteiger partial charge in [-0.05, 0) is 26.0 Å². The van der Waals surface area contributed by atoms with Gasteiger partial charge in [-0.25, -0.2) is 0 Å². The lowest BCUT2D eigenvalue weighted by Gasteiger charge is -2.41. The van der Waals surface area contributed by atoms with Crippen molar-refractivity contribution in [3.8, 4) is 0 Å². The lowest BCUT2D eigenvalue weighted by Crippen LogP contribution is -2.58. The molecular formula is C13H19N3O2. The first kappa shape index (κ1) is 13.0. The van der Waals surface area contributed by atoms with Crippen LogP contribution < -0.4 is 5.73 Å². The van der Waals surface area contributed by atoms with Crippen LogP contribution in [-0.4, -0.2) is 40.6 Å². The summed E-state index contributed by atoms with van der Waals surface area (Å²) in [6.07, 6.45) is 1.62. The van der Waals surface area contributed by atoms with E-state index in [0.717, 1.165) is 5.69 Å². The van der Waals surface area contributed by atoms with Gasteiger partial charge in [0, 0.05) is 19.3 Å². The Morgan fingerprint density at radius 1 is 1.56 bits per heavy atom. The van der Waals surface area contributed by atoms with E-state index in [4.69, 9.17) is 10.5 Å². The number of carbonyl (C=O) groups is 1. The number of nitrogens with two attached hydrogens (primary N) is 1. The fourth-order valence-electron chi connectivity index (χ4n) is 2.16. The molecule has 1 fully saturated rings. The van der Waals surface area contributed by atoms with Crippen LogP contribution in [0.3, 0.4) is 0 Å². The summed E-state index contributed by atoms with van der Waals surface area (Å²) >= 11 is 0. The Hall–Kier alpha value is -1.46. The van der Waals surface area contributed by atoms with E-state index in [1.54, 1.807) is 24.9 Å². The number of amides is 1. The molecule has 2 N–H and O–H groups in total. The molecule has 1 aliphatic heterocycles. The Kier molecular flexibility index (Phi) is 3.63. The van der Waals surface area contributed by atoms with E-state index in [9.17, 15) is 4.79 Å². The van der Waals surface area contributed by atoms with Crippen molar-refractivity contribution in [1.82, 2.24) is 9.88 Å². The topological polar surface area (TPSA) is 68.5 Å². The van der Waals surface area contributed by atoms with E-state index in [2.05, 4.69) is 4.98 Å². The van der Waals surface area contributed by atoms with Gasteiger partial charge in [-0.15, -0.1) is 0 Å². The third-order valence-corrected chi connectivity index (χ3v) is 3.03. The van der Waals surface area contributed by atoms with Crippen molar-refractivity contribution < 1.29 is 9.53 Å². The first-order valence-corrected chi connectivity index (χ1v) is 6.10. The largest absolute Gasteiger partial charge is 0.359 e. The highest BCUT2D eigenvalue weighted by atomic mass is 16.5. The van der Waals surface area contributed by atoms with Crippen LogP contribution in [0.15, 0.2) is 24.4 Å². The number of carbonyl (C=O) groups excluding carboxylic acids is 1. The molecule has 18 heavy (non-hydrogen) atoms. The molecule has 0 aliphatic carbocycles. The molecule has 1 atom stereocenters. The maximum Gasteiger partial charge on any atom is 0.254 e. The highest BCUT2D eigenvalue weighted by molar-refractivity contribution is 5.85. The second-order valence-electron chi connectivity index (χ2n) is 4.99. The average molecular weight is 249 g/mol. The summed E-state index contributed by atoms with van der Waals surface area (Å²) in [6, 6.07) is 5.68. The third-order valence-electron chi connectivity index (χ3n) is 3.03. The van der Waals surface area contributed by atoms with Crippen molar-refractivity contribution in [2.24, 2.45) is 5.73 Å². The van der Waals surface area contributed by atoms with Crippen LogP contribution in [0.25, 0.3) is 0 Å². The summed E-state index contributed by atoms with van der Waals surface area (Å²) in [7, 11) is 0. The molecule has 1 aliphatic rings. The normalized spacial score (nSPS) is 23.2. The Morgan fingerprint density at radius 3 is 2.94 bits per heavy atom. The minimum absolute atomic E-state index is 0.0159. The summed E-state index contributed by atoms with van der Waals surface area (Å²) in [5.41, 5.74) is 5.71. The van der Waals surface area contributed by atoms with Gasteiger partial charge in [0.25, 0.3) is 5.91 Å². The predicted octanol–water partition coefficient (Wildman–Crippen LogP) is 0.546. The van der Waals surface area contributed by atoms with Gasteiger partial charge in [0.15, 0.2) is 0 Å². The first-order chi connectivity index (χ1) is 8.53. The van der Waals surface area contributed by atoms with Gasteiger partial charge < -0.3 is 15.4 Å². The van der Waals surface area contributed by atoms with E-state index in [0.29, 0.717) is 19.6 Å². The van der Waals surface area contributed by atoms with E-state index >= 15 is 0 Å². The predicted molar refractivity (Wildman–Crippen MR) is 67.7 cm³/mol. The van der Waals surface area contributed by atoms with Crippen LogP contribution in [-0.2, 0) is 16.1 Å². The lowest BCUT2D eigenvalue weighted by atomic mass is 10.0. The van der Waals surface area contributed by atoms with Crippen molar-refractivity contribution in [2.75, 3.05) is 13.1 Å². The van der Waals surface area contributed by atoms with E-state index in [1.165, 1.54) is 0 Å². The molecule has 1 unspecified atom stereocenters. The summed E-state index contributed by atoms with van der Waals surface area (Å²) in [5, 5.41) is 0. The number of hydrogen-bond donors (Lipinski definition) is 1. The lowest BCUT2D eigenvalue weighted by molar-refractivity contribution is -0.179. The highest BCUT2D eigenvalue weighted by Crippen LogP contribution is 2.23. The SMILES string of the molecule is CC1(C)OC(CN)CN(Cc2ccccn2)C1=O. The zero-order valence-corrected chi connectivity index (χ0v) is 10.8. The number of aromatic nitrogens is 1. The average Bonchev–Trinajstić information content (AvgIpc) is 2.36. The molecule has 1 amide bonds. The summed E-state index contributed by atoms with van der Waals surface area (Å²) < 4.78 is 5.67. The van der Waals surface area contributed by atoms with Crippen LogP contribution in [0.1, 0.15) is 19.5 Å². The zero-order chi connectivity index (χ0) is 13.2. The summed E-state index contributed by atoms with van der Waals surface area (Å²) in [6.45, 7) is 5.00.